The standard InChI is InChI=1S/C5H6ClN3O/c6-3-5(10)9-2-1-4(7)8-9/h1-2H,3H2,(H2,7,8). The first-order valence-corrected chi connectivity index (χ1v) is 3.18. The molecule has 1 aromatic heterocycles. The first-order valence-electron chi connectivity index (χ1n) is 2.64. The number of nitrogens with zero attached hydrogens (tertiary/aromatic N) is 2. The summed E-state index contributed by atoms with van der Waals surface area (Å²) in [6.07, 6.45) is 1.47. The second-order valence-electron chi connectivity index (χ2n) is 1.71. The van der Waals surface area contributed by atoms with Crippen molar-refractivity contribution in [2.45, 2.75) is 0 Å². The van der Waals surface area contributed by atoms with Crippen LogP contribution in [-0.2, 0) is 0 Å². The van der Waals surface area contributed by atoms with Crippen LogP contribution in [0.1, 0.15) is 4.79 Å². The van der Waals surface area contributed by atoms with E-state index in [0.29, 0.717) is 5.82 Å². The van der Waals surface area contributed by atoms with Gasteiger partial charge in [-0.2, -0.15) is 0 Å². The van der Waals surface area contributed by atoms with E-state index in [1.54, 1.807) is 0 Å². The minimum Gasteiger partial charge on any atom is -0.382 e. The van der Waals surface area contributed by atoms with Crippen LogP contribution in [0, 0.1) is 0 Å². The summed E-state index contributed by atoms with van der Waals surface area (Å²) in [5, 5.41) is 3.64. The van der Waals surface area contributed by atoms with E-state index in [4.69, 9.17) is 17.3 Å². The fourth-order valence-corrected chi connectivity index (χ4v) is 0.661. The van der Waals surface area contributed by atoms with Gasteiger partial charge >= 0.3 is 0 Å². The Bertz CT molecular complexity index is 245. The number of anilines is 1. The molecule has 0 amide bonds. The van der Waals surface area contributed by atoms with E-state index in [9.17, 15) is 4.79 Å². The highest BCUT2D eigenvalue weighted by Gasteiger charge is 2.02. The molecular formula is C5H6ClN3O. The van der Waals surface area contributed by atoms with Crippen LogP contribution in [0.5, 0.6) is 0 Å². The van der Waals surface area contributed by atoms with Crippen LogP contribution in [0.3, 0.4) is 0 Å². The molecule has 4 nitrogen and oxygen atoms in total. The van der Waals surface area contributed by atoms with Crippen LogP contribution < -0.4 is 5.73 Å². The molecular weight excluding hydrogens is 154 g/mol. The highest BCUT2D eigenvalue weighted by molar-refractivity contribution is 6.27. The van der Waals surface area contributed by atoms with E-state index >= 15 is 0 Å². The van der Waals surface area contributed by atoms with E-state index in [1.165, 1.54) is 12.3 Å². The summed E-state index contributed by atoms with van der Waals surface area (Å²) < 4.78 is 1.11. The molecule has 0 aliphatic heterocycles. The molecule has 0 saturated carbocycles. The Kier molecular flexibility index (Phi) is 1.91. The van der Waals surface area contributed by atoms with Crippen LogP contribution >= 0.6 is 11.6 Å². The van der Waals surface area contributed by atoms with Crippen molar-refractivity contribution >= 4 is 23.3 Å². The van der Waals surface area contributed by atoms with Gasteiger partial charge in [0.05, 0.1) is 0 Å². The average molecular weight is 160 g/mol. The van der Waals surface area contributed by atoms with E-state index in [1.807, 2.05) is 0 Å². The lowest BCUT2D eigenvalue weighted by atomic mass is 10.6. The van der Waals surface area contributed by atoms with Crippen molar-refractivity contribution in [2.24, 2.45) is 0 Å². The molecule has 10 heavy (non-hydrogen) atoms. The van der Waals surface area contributed by atoms with Crippen LogP contribution in [0.2, 0.25) is 0 Å². The van der Waals surface area contributed by atoms with Gasteiger partial charge in [0.2, 0.25) is 0 Å². The Morgan fingerprint density at radius 2 is 2.60 bits per heavy atom. The van der Waals surface area contributed by atoms with Gasteiger partial charge in [-0.05, 0) is 0 Å². The number of nitrogen functional groups attached to an aromatic ring is 1. The molecule has 0 fully saturated rings. The topological polar surface area (TPSA) is 60.9 Å². The Labute approximate surface area is 62.6 Å². The summed E-state index contributed by atoms with van der Waals surface area (Å²) in [5.74, 6) is -0.0435. The molecule has 0 saturated heterocycles. The van der Waals surface area contributed by atoms with Gasteiger partial charge in [0.25, 0.3) is 5.91 Å². The molecule has 0 aliphatic carbocycles. The summed E-state index contributed by atoms with van der Waals surface area (Å²) >= 11 is 5.24. The number of aromatic nitrogens is 2. The molecule has 0 bridgehead atoms. The normalized spacial score (nSPS) is 9.70. The highest BCUT2D eigenvalue weighted by Crippen LogP contribution is 1.95. The predicted octanol–water partition coefficient (Wildman–Crippen LogP) is 0.344. The Morgan fingerprint density at radius 3 is 3.00 bits per heavy atom. The molecule has 0 spiro atoms. The maximum atomic E-state index is 10.7. The van der Waals surface area contributed by atoms with Gasteiger partial charge in [0, 0.05) is 12.3 Å². The summed E-state index contributed by atoms with van der Waals surface area (Å²) in [7, 11) is 0. The highest BCUT2D eigenvalue weighted by atomic mass is 35.5. The van der Waals surface area contributed by atoms with Crippen molar-refractivity contribution in [3.8, 4) is 0 Å². The number of hydrogen-bond donors (Lipinski definition) is 1. The molecule has 1 heterocycles. The van der Waals surface area contributed by atoms with Crippen molar-refractivity contribution in [3.63, 3.8) is 0 Å². The zero-order valence-corrected chi connectivity index (χ0v) is 5.88. The minimum absolute atomic E-state index is 0.0822. The lowest BCUT2D eigenvalue weighted by Gasteiger charge is -1.91. The molecule has 0 aliphatic rings. The number of halogens is 1. The second-order valence-corrected chi connectivity index (χ2v) is 1.98. The fraction of sp³-hybridized carbons (Fsp3) is 0.200. The summed E-state index contributed by atoms with van der Waals surface area (Å²) in [4.78, 5) is 10.7. The SMILES string of the molecule is Nc1ccn(C(=O)CCl)n1. The molecule has 1 rings (SSSR count). The first kappa shape index (κ1) is 7.08. The zero-order valence-electron chi connectivity index (χ0n) is 5.12. The van der Waals surface area contributed by atoms with E-state index in [-0.39, 0.29) is 11.8 Å². The Hall–Kier alpha value is -1.03. The largest absolute Gasteiger partial charge is 0.382 e. The predicted molar refractivity (Wildman–Crippen MR) is 38.0 cm³/mol. The van der Waals surface area contributed by atoms with Gasteiger partial charge < -0.3 is 5.73 Å². The van der Waals surface area contributed by atoms with Gasteiger partial charge in [-0.25, -0.2) is 4.68 Å². The van der Waals surface area contributed by atoms with Crippen LogP contribution in [-0.4, -0.2) is 21.6 Å². The number of carbonyl (C=O) groups excluding carboxylic acids is 1. The Balaban J connectivity index is 2.85. The molecule has 0 aromatic carbocycles. The van der Waals surface area contributed by atoms with Gasteiger partial charge in [-0.15, -0.1) is 16.7 Å². The summed E-state index contributed by atoms with van der Waals surface area (Å²) in [6.45, 7) is 0. The Morgan fingerprint density at radius 1 is 1.90 bits per heavy atom. The van der Waals surface area contributed by atoms with Gasteiger partial charge in [0.1, 0.15) is 11.7 Å². The van der Waals surface area contributed by atoms with Crippen molar-refractivity contribution in [1.82, 2.24) is 9.78 Å². The second kappa shape index (κ2) is 2.70. The average Bonchev–Trinajstić information content (AvgIpc) is 2.34. The van der Waals surface area contributed by atoms with E-state index in [0.717, 1.165) is 4.68 Å². The third-order valence-corrected chi connectivity index (χ3v) is 1.21. The first-order chi connectivity index (χ1) is 4.74. The molecule has 5 heteroatoms. The number of carbonyl (C=O) groups is 1. The molecule has 0 radical (unpaired) electrons. The summed E-state index contributed by atoms with van der Waals surface area (Å²) in [5.41, 5.74) is 5.24. The molecule has 54 valence electrons. The zero-order chi connectivity index (χ0) is 7.56. The van der Waals surface area contributed by atoms with E-state index in [2.05, 4.69) is 5.10 Å². The quantitative estimate of drug-likeness (QED) is 0.602. The number of alkyl halides is 1. The van der Waals surface area contributed by atoms with Crippen LogP contribution in [0.25, 0.3) is 0 Å². The van der Waals surface area contributed by atoms with Gasteiger partial charge in [0.15, 0.2) is 0 Å². The smallest absolute Gasteiger partial charge is 0.261 e. The minimum atomic E-state index is -0.279. The van der Waals surface area contributed by atoms with Crippen molar-refractivity contribution < 1.29 is 4.79 Å². The maximum absolute atomic E-state index is 10.7. The monoisotopic (exact) mass is 159 g/mol. The molecule has 0 atom stereocenters. The van der Waals surface area contributed by atoms with Gasteiger partial charge in [-0.1, -0.05) is 0 Å². The lowest BCUT2D eigenvalue weighted by molar-refractivity contribution is 0.0925. The maximum Gasteiger partial charge on any atom is 0.261 e. The van der Waals surface area contributed by atoms with Crippen molar-refractivity contribution in [1.29, 1.82) is 0 Å². The third kappa shape index (κ3) is 1.27. The lowest BCUT2D eigenvalue weighted by Crippen LogP contribution is -2.12. The van der Waals surface area contributed by atoms with Crippen molar-refractivity contribution in [3.05, 3.63) is 12.3 Å². The van der Waals surface area contributed by atoms with Crippen molar-refractivity contribution in [2.75, 3.05) is 11.6 Å². The third-order valence-electron chi connectivity index (χ3n) is 0.980. The molecule has 2 N–H and O–H groups in total. The number of hydrogen-bond acceptors (Lipinski definition) is 3. The summed E-state index contributed by atoms with van der Waals surface area (Å²) in [6, 6.07) is 1.53. The number of nitrogens with two attached hydrogens (primary N) is 1. The molecule has 1 aromatic rings. The van der Waals surface area contributed by atoms with E-state index < -0.39 is 0 Å². The van der Waals surface area contributed by atoms with Crippen LogP contribution in [0.15, 0.2) is 12.3 Å². The van der Waals surface area contributed by atoms with Gasteiger partial charge in [-0.3, -0.25) is 4.79 Å². The fourth-order valence-electron chi connectivity index (χ4n) is 0.538. The van der Waals surface area contributed by atoms with Crippen LogP contribution in [0.4, 0.5) is 5.82 Å². The number of rotatable bonds is 1. The molecule has 0 unspecified atom stereocenters.